The van der Waals surface area contributed by atoms with Gasteiger partial charge in [-0.25, -0.2) is 23.1 Å². The minimum absolute atomic E-state index is 0.0515. The van der Waals surface area contributed by atoms with Gasteiger partial charge < -0.3 is 15.4 Å². The molecule has 1 fully saturated rings. The van der Waals surface area contributed by atoms with Crippen LogP contribution in [0.1, 0.15) is 25.3 Å². The molecule has 12 heteroatoms. The smallest absolute Gasteiger partial charge is 0.392 e. The van der Waals surface area contributed by atoms with Gasteiger partial charge in [0.05, 0.1) is 4.90 Å². The largest absolute Gasteiger partial charge is 0.413 e. The number of rotatable bonds is 6. The number of sulfonamides is 1. The number of carbonyl (C=O) groups is 2. The minimum Gasteiger partial charge on any atom is -0.392 e. The molecule has 2 heterocycles. The Labute approximate surface area is 179 Å². The Kier molecular flexibility index (Phi) is 6.82. The van der Waals surface area contributed by atoms with E-state index in [2.05, 4.69) is 16.1 Å². The molecule has 0 aromatic heterocycles. The normalized spacial score (nSPS) is 18.2. The minimum atomic E-state index is -3.84. The van der Waals surface area contributed by atoms with Gasteiger partial charge in [0.1, 0.15) is 11.4 Å². The molecule has 1 aromatic rings. The zero-order valence-corrected chi connectivity index (χ0v) is 18.1. The van der Waals surface area contributed by atoms with E-state index in [9.17, 15) is 22.4 Å². The Morgan fingerprint density at radius 2 is 1.94 bits per heavy atom. The SMILES string of the molecule is CC(=O)NCCNC(=O)OC1=CC2(CCN(S(=O)(=O)c3cc(F)ccc3C)CC2)ON1. The van der Waals surface area contributed by atoms with Crippen LogP contribution in [0.25, 0.3) is 0 Å². The molecule has 1 aromatic carbocycles. The Morgan fingerprint density at radius 1 is 1.26 bits per heavy atom. The van der Waals surface area contributed by atoms with Crippen molar-refractivity contribution in [2.75, 3.05) is 26.2 Å². The molecular formula is C19H25FN4O6S. The zero-order valence-electron chi connectivity index (χ0n) is 17.2. The predicted molar refractivity (Wildman–Crippen MR) is 107 cm³/mol. The number of ether oxygens (including phenoxy) is 1. The number of aryl methyl sites for hydroxylation is 1. The van der Waals surface area contributed by atoms with E-state index >= 15 is 0 Å². The highest BCUT2D eigenvalue weighted by atomic mass is 32.2. The number of hydrogen-bond donors (Lipinski definition) is 3. The van der Waals surface area contributed by atoms with Gasteiger partial charge in [0.15, 0.2) is 0 Å². The standard InChI is InChI=1S/C19H25FN4O6S/c1-13-3-4-15(20)11-16(13)31(27,28)24-9-5-19(6-10-24)12-17(23-30-19)29-18(26)22-8-7-21-14(2)25/h3-4,11-12,23H,5-10H2,1-2H3,(H,21,25)(H,22,26). The number of alkyl carbamates (subject to hydrolysis) is 1. The zero-order chi connectivity index (χ0) is 22.6. The molecule has 0 atom stereocenters. The van der Waals surface area contributed by atoms with Gasteiger partial charge in [-0.2, -0.15) is 4.31 Å². The van der Waals surface area contributed by atoms with Crippen LogP contribution in [0.3, 0.4) is 0 Å². The molecule has 2 aliphatic rings. The van der Waals surface area contributed by atoms with Crippen molar-refractivity contribution >= 4 is 22.0 Å². The van der Waals surface area contributed by atoms with Crippen molar-refractivity contribution in [3.63, 3.8) is 0 Å². The van der Waals surface area contributed by atoms with Crippen LogP contribution in [0.15, 0.2) is 35.1 Å². The fraction of sp³-hybridized carbons (Fsp3) is 0.474. The Bertz CT molecular complexity index is 989. The summed E-state index contributed by atoms with van der Waals surface area (Å²) >= 11 is 0. The molecule has 0 aliphatic carbocycles. The van der Waals surface area contributed by atoms with E-state index in [4.69, 9.17) is 9.57 Å². The molecule has 0 saturated carbocycles. The van der Waals surface area contributed by atoms with E-state index in [1.54, 1.807) is 13.0 Å². The molecule has 3 rings (SSSR count). The summed E-state index contributed by atoms with van der Waals surface area (Å²) in [6.07, 6.45) is 1.54. The van der Waals surface area contributed by atoms with Gasteiger partial charge in [0.2, 0.25) is 21.8 Å². The lowest BCUT2D eigenvalue weighted by Crippen LogP contribution is -2.46. The monoisotopic (exact) mass is 456 g/mol. The number of piperidine rings is 1. The molecule has 1 spiro atoms. The second-order valence-electron chi connectivity index (χ2n) is 7.39. The van der Waals surface area contributed by atoms with Gasteiger partial charge in [-0.3, -0.25) is 9.63 Å². The maximum Gasteiger partial charge on any atom is 0.413 e. The highest BCUT2D eigenvalue weighted by Crippen LogP contribution is 2.34. The average molecular weight is 456 g/mol. The number of nitrogens with one attached hydrogen (secondary N) is 3. The summed E-state index contributed by atoms with van der Waals surface area (Å²) in [7, 11) is -3.84. The van der Waals surface area contributed by atoms with Gasteiger partial charge in [0.25, 0.3) is 0 Å². The third kappa shape index (κ3) is 5.51. The van der Waals surface area contributed by atoms with Crippen LogP contribution in [-0.4, -0.2) is 56.5 Å². The van der Waals surface area contributed by atoms with Crippen molar-refractivity contribution in [1.29, 1.82) is 0 Å². The van der Waals surface area contributed by atoms with Crippen molar-refractivity contribution in [2.45, 2.75) is 37.2 Å². The Balaban J connectivity index is 1.56. The van der Waals surface area contributed by atoms with Gasteiger partial charge >= 0.3 is 6.09 Å². The topological polar surface area (TPSA) is 126 Å². The summed E-state index contributed by atoms with van der Waals surface area (Å²) in [6, 6.07) is 3.68. The maximum atomic E-state index is 13.6. The summed E-state index contributed by atoms with van der Waals surface area (Å²) < 4.78 is 45.9. The van der Waals surface area contributed by atoms with Crippen molar-refractivity contribution in [3.05, 3.63) is 41.5 Å². The molecule has 2 amide bonds. The molecule has 0 unspecified atom stereocenters. The van der Waals surface area contributed by atoms with Crippen LogP contribution in [0.5, 0.6) is 0 Å². The lowest BCUT2D eigenvalue weighted by Gasteiger charge is -2.35. The number of hydroxylamine groups is 1. The first-order chi connectivity index (χ1) is 14.6. The third-order valence-electron chi connectivity index (χ3n) is 5.06. The number of benzene rings is 1. The first-order valence-corrected chi connectivity index (χ1v) is 11.2. The van der Waals surface area contributed by atoms with E-state index in [0.717, 1.165) is 6.07 Å². The Hall–Kier alpha value is -2.70. The van der Waals surface area contributed by atoms with Crippen molar-refractivity contribution in [3.8, 4) is 0 Å². The summed E-state index contributed by atoms with van der Waals surface area (Å²) in [6.45, 7) is 3.78. The number of carbonyl (C=O) groups excluding carboxylic acids is 2. The molecule has 0 radical (unpaired) electrons. The summed E-state index contributed by atoms with van der Waals surface area (Å²) in [5.74, 6) is -0.707. The lowest BCUT2D eigenvalue weighted by atomic mass is 9.93. The molecule has 31 heavy (non-hydrogen) atoms. The van der Waals surface area contributed by atoms with Crippen molar-refractivity contribution in [2.24, 2.45) is 0 Å². The molecule has 3 N–H and O–H groups in total. The highest BCUT2D eigenvalue weighted by molar-refractivity contribution is 7.89. The maximum absolute atomic E-state index is 13.6. The number of hydrogen-bond acceptors (Lipinski definition) is 7. The average Bonchev–Trinajstić information content (AvgIpc) is 3.09. The molecule has 2 aliphatic heterocycles. The number of halogens is 1. The summed E-state index contributed by atoms with van der Waals surface area (Å²) in [5, 5.41) is 5.02. The van der Waals surface area contributed by atoms with Crippen molar-refractivity contribution in [1.82, 2.24) is 20.4 Å². The first kappa shape index (κ1) is 23.0. The fourth-order valence-electron chi connectivity index (χ4n) is 3.38. The predicted octanol–water partition coefficient (Wildman–Crippen LogP) is 0.896. The van der Waals surface area contributed by atoms with Crippen LogP contribution < -0.4 is 16.1 Å². The van der Waals surface area contributed by atoms with Crippen LogP contribution in [-0.2, 0) is 24.4 Å². The first-order valence-electron chi connectivity index (χ1n) is 9.75. The van der Waals surface area contributed by atoms with Gasteiger partial charge in [-0.15, -0.1) is 0 Å². The van der Waals surface area contributed by atoms with Crippen LogP contribution in [0, 0.1) is 12.7 Å². The molecule has 1 saturated heterocycles. The number of amides is 2. The lowest BCUT2D eigenvalue weighted by molar-refractivity contribution is -0.118. The molecular weight excluding hydrogens is 431 g/mol. The van der Waals surface area contributed by atoms with Crippen LogP contribution in [0.2, 0.25) is 0 Å². The van der Waals surface area contributed by atoms with E-state index in [0.29, 0.717) is 18.4 Å². The third-order valence-corrected chi connectivity index (χ3v) is 7.10. The molecule has 170 valence electrons. The second kappa shape index (κ2) is 9.20. The van der Waals surface area contributed by atoms with Gasteiger partial charge in [-0.05, 0) is 37.5 Å². The fourth-order valence-corrected chi connectivity index (χ4v) is 5.06. The molecule has 0 bridgehead atoms. The Morgan fingerprint density at radius 3 is 2.61 bits per heavy atom. The number of nitrogens with zero attached hydrogens (tertiary/aromatic N) is 1. The van der Waals surface area contributed by atoms with Gasteiger partial charge in [-0.1, -0.05) is 6.07 Å². The van der Waals surface area contributed by atoms with Gasteiger partial charge in [0, 0.05) is 39.2 Å². The summed E-state index contributed by atoms with van der Waals surface area (Å²) in [5.41, 5.74) is 2.21. The second-order valence-corrected chi connectivity index (χ2v) is 9.30. The van der Waals surface area contributed by atoms with E-state index < -0.39 is 27.5 Å². The van der Waals surface area contributed by atoms with E-state index in [1.165, 1.54) is 23.4 Å². The molecule has 10 nitrogen and oxygen atoms in total. The van der Waals surface area contributed by atoms with Crippen molar-refractivity contribution < 1.29 is 32.0 Å². The van der Waals surface area contributed by atoms with E-state index in [1.807, 2.05) is 0 Å². The van der Waals surface area contributed by atoms with Crippen LogP contribution in [0.4, 0.5) is 9.18 Å². The van der Waals surface area contributed by atoms with Crippen LogP contribution >= 0.6 is 0 Å². The summed E-state index contributed by atoms with van der Waals surface area (Å²) in [4.78, 5) is 28.1. The highest BCUT2D eigenvalue weighted by Gasteiger charge is 2.42. The quantitative estimate of drug-likeness (QED) is 0.543. The van der Waals surface area contributed by atoms with E-state index in [-0.39, 0.29) is 42.9 Å².